The van der Waals surface area contributed by atoms with Gasteiger partial charge in [0.2, 0.25) is 5.91 Å². The van der Waals surface area contributed by atoms with Gasteiger partial charge in [-0.15, -0.1) is 0 Å². The Hall–Kier alpha value is -1.49. The van der Waals surface area contributed by atoms with Gasteiger partial charge in [-0.3, -0.25) is 4.79 Å². The average molecular weight is 298 g/mol. The number of amides is 1. The van der Waals surface area contributed by atoms with Crippen molar-refractivity contribution >= 4 is 5.91 Å². The minimum atomic E-state index is -0.571. The number of hydrogen-bond donors (Lipinski definition) is 2. The Morgan fingerprint density at radius 3 is 2.43 bits per heavy atom. The first-order chi connectivity index (χ1) is 10.0. The molecular weight excluding hydrogens is 274 g/mol. The van der Waals surface area contributed by atoms with Gasteiger partial charge >= 0.3 is 0 Å². The van der Waals surface area contributed by atoms with Crippen LogP contribution in [-0.4, -0.2) is 18.5 Å². The standard InChI is InChI=1S/C16H24F2N2O/c1-12(11-13-14(17)7-6-8-15(13)18)20-16(21)9-4-2-3-5-10-19/h6-8,12H,2-5,9-11,19H2,1H3,(H,20,21). The lowest BCUT2D eigenvalue weighted by Gasteiger charge is -2.15. The highest BCUT2D eigenvalue weighted by molar-refractivity contribution is 5.76. The van der Waals surface area contributed by atoms with Crippen LogP contribution in [-0.2, 0) is 11.2 Å². The summed E-state index contributed by atoms with van der Waals surface area (Å²) in [6.07, 6.45) is 4.38. The second kappa shape index (κ2) is 9.45. The van der Waals surface area contributed by atoms with Crippen LogP contribution in [0, 0.1) is 11.6 Å². The van der Waals surface area contributed by atoms with Gasteiger partial charge in [0.25, 0.3) is 0 Å². The maximum Gasteiger partial charge on any atom is 0.220 e. The normalized spacial score (nSPS) is 12.2. The Balaban J connectivity index is 2.33. The van der Waals surface area contributed by atoms with Crippen LogP contribution >= 0.6 is 0 Å². The summed E-state index contributed by atoms with van der Waals surface area (Å²) in [5.74, 6) is -1.22. The molecule has 0 saturated heterocycles. The number of nitrogens with one attached hydrogen (secondary N) is 1. The first kappa shape index (κ1) is 17.6. The smallest absolute Gasteiger partial charge is 0.220 e. The Bertz CT molecular complexity index is 432. The molecule has 3 nitrogen and oxygen atoms in total. The molecule has 1 rings (SSSR count). The second-order valence-corrected chi connectivity index (χ2v) is 5.33. The summed E-state index contributed by atoms with van der Waals surface area (Å²) in [6.45, 7) is 2.43. The second-order valence-electron chi connectivity index (χ2n) is 5.33. The van der Waals surface area contributed by atoms with Gasteiger partial charge < -0.3 is 11.1 Å². The Labute approximate surface area is 124 Å². The monoisotopic (exact) mass is 298 g/mol. The van der Waals surface area contributed by atoms with Gasteiger partial charge in [0.1, 0.15) is 11.6 Å². The third-order valence-corrected chi connectivity index (χ3v) is 3.34. The third kappa shape index (κ3) is 6.67. The molecule has 118 valence electrons. The van der Waals surface area contributed by atoms with Crippen molar-refractivity contribution in [2.24, 2.45) is 5.73 Å². The van der Waals surface area contributed by atoms with Crippen molar-refractivity contribution in [3.05, 3.63) is 35.4 Å². The Morgan fingerprint density at radius 1 is 1.19 bits per heavy atom. The lowest BCUT2D eigenvalue weighted by atomic mass is 10.1. The SMILES string of the molecule is CC(Cc1c(F)cccc1F)NC(=O)CCCCCCN. The van der Waals surface area contributed by atoms with Gasteiger partial charge in [-0.2, -0.15) is 0 Å². The molecule has 0 heterocycles. The third-order valence-electron chi connectivity index (χ3n) is 3.34. The number of hydrogen-bond acceptors (Lipinski definition) is 2. The molecule has 0 aromatic heterocycles. The van der Waals surface area contributed by atoms with Crippen molar-refractivity contribution in [3.8, 4) is 0 Å². The predicted octanol–water partition coefficient (Wildman–Crippen LogP) is 2.92. The number of rotatable bonds is 9. The number of halogens is 2. The summed E-state index contributed by atoms with van der Waals surface area (Å²) in [5, 5.41) is 2.78. The van der Waals surface area contributed by atoms with E-state index in [-0.39, 0.29) is 23.9 Å². The summed E-state index contributed by atoms with van der Waals surface area (Å²) >= 11 is 0. The molecule has 3 N–H and O–H groups in total. The van der Waals surface area contributed by atoms with E-state index in [2.05, 4.69) is 5.32 Å². The maximum atomic E-state index is 13.5. The molecule has 1 aromatic carbocycles. The van der Waals surface area contributed by atoms with E-state index in [1.165, 1.54) is 18.2 Å². The summed E-state index contributed by atoms with van der Waals surface area (Å²) < 4.78 is 27.0. The fourth-order valence-corrected chi connectivity index (χ4v) is 2.21. The number of carbonyl (C=O) groups is 1. The minimum absolute atomic E-state index is 0.0215. The zero-order chi connectivity index (χ0) is 15.7. The maximum absolute atomic E-state index is 13.5. The highest BCUT2D eigenvalue weighted by atomic mass is 19.1. The van der Waals surface area contributed by atoms with Gasteiger partial charge in [-0.1, -0.05) is 18.9 Å². The molecule has 1 unspecified atom stereocenters. The molecule has 0 saturated carbocycles. The average Bonchev–Trinajstić information content (AvgIpc) is 2.43. The molecule has 0 aliphatic carbocycles. The minimum Gasteiger partial charge on any atom is -0.353 e. The number of unbranched alkanes of at least 4 members (excludes halogenated alkanes) is 3. The molecule has 21 heavy (non-hydrogen) atoms. The van der Waals surface area contributed by atoms with Gasteiger partial charge in [0.05, 0.1) is 0 Å². The first-order valence-electron chi connectivity index (χ1n) is 7.47. The van der Waals surface area contributed by atoms with E-state index in [0.29, 0.717) is 13.0 Å². The van der Waals surface area contributed by atoms with Crippen LogP contribution in [0.3, 0.4) is 0 Å². The van der Waals surface area contributed by atoms with E-state index in [9.17, 15) is 13.6 Å². The van der Waals surface area contributed by atoms with Crippen LogP contribution in [0.25, 0.3) is 0 Å². The van der Waals surface area contributed by atoms with E-state index in [1.807, 2.05) is 0 Å². The van der Waals surface area contributed by atoms with Crippen LogP contribution in [0.4, 0.5) is 8.78 Å². The molecule has 1 atom stereocenters. The van der Waals surface area contributed by atoms with Crippen molar-refractivity contribution in [2.45, 2.75) is 51.5 Å². The molecule has 0 radical (unpaired) electrons. The fraction of sp³-hybridized carbons (Fsp3) is 0.562. The largest absolute Gasteiger partial charge is 0.353 e. The van der Waals surface area contributed by atoms with E-state index in [1.54, 1.807) is 6.92 Å². The molecule has 1 amide bonds. The molecule has 0 aliphatic rings. The number of benzene rings is 1. The summed E-state index contributed by atoms with van der Waals surface area (Å²) in [7, 11) is 0. The first-order valence-corrected chi connectivity index (χ1v) is 7.47. The van der Waals surface area contributed by atoms with Crippen molar-refractivity contribution in [2.75, 3.05) is 6.54 Å². The highest BCUT2D eigenvalue weighted by Crippen LogP contribution is 2.14. The van der Waals surface area contributed by atoms with Crippen molar-refractivity contribution in [1.82, 2.24) is 5.32 Å². The van der Waals surface area contributed by atoms with Crippen molar-refractivity contribution < 1.29 is 13.6 Å². The van der Waals surface area contributed by atoms with Crippen LogP contribution in [0.2, 0.25) is 0 Å². The van der Waals surface area contributed by atoms with Gasteiger partial charge in [-0.25, -0.2) is 8.78 Å². The van der Waals surface area contributed by atoms with E-state index >= 15 is 0 Å². The Kier molecular flexibility index (Phi) is 7.90. The quantitative estimate of drug-likeness (QED) is 0.689. The molecule has 0 aliphatic heterocycles. The molecule has 0 bridgehead atoms. The van der Waals surface area contributed by atoms with Crippen LogP contribution in [0.5, 0.6) is 0 Å². The number of nitrogens with two attached hydrogens (primary N) is 1. The summed E-state index contributed by atoms with van der Waals surface area (Å²) in [4.78, 5) is 11.7. The van der Waals surface area contributed by atoms with Gasteiger partial charge in [0.15, 0.2) is 0 Å². The molecular formula is C16H24F2N2O. The highest BCUT2D eigenvalue weighted by Gasteiger charge is 2.14. The van der Waals surface area contributed by atoms with Gasteiger partial charge in [0, 0.05) is 18.0 Å². The topological polar surface area (TPSA) is 55.1 Å². The van der Waals surface area contributed by atoms with Crippen LogP contribution in [0.1, 0.15) is 44.6 Å². The Morgan fingerprint density at radius 2 is 1.81 bits per heavy atom. The fourth-order valence-electron chi connectivity index (χ4n) is 2.21. The molecule has 5 heteroatoms. The van der Waals surface area contributed by atoms with Gasteiger partial charge in [-0.05, 0) is 44.9 Å². The zero-order valence-corrected chi connectivity index (χ0v) is 12.5. The van der Waals surface area contributed by atoms with E-state index in [0.717, 1.165) is 25.7 Å². The zero-order valence-electron chi connectivity index (χ0n) is 12.5. The van der Waals surface area contributed by atoms with Crippen LogP contribution < -0.4 is 11.1 Å². The molecule has 1 aromatic rings. The number of carbonyl (C=O) groups excluding carboxylic acids is 1. The van der Waals surface area contributed by atoms with Crippen molar-refractivity contribution in [1.29, 1.82) is 0 Å². The van der Waals surface area contributed by atoms with E-state index < -0.39 is 11.6 Å². The molecule has 0 fully saturated rings. The van der Waals surface area contributed by atoms with Crippen LogP contribution in [0.15, 0.2) is 18.2 Å². The predicted molar refractivity (Wildman–Crippen MR) is 79.8 cm³/mol. The van der Waals surface area contributed by atoms with E-state index in [4.69, 9.17) is 5.73 Å². The summed E-state index contributed by atoms with van der Waals surface area (Å²) in [6, 6.07) is 3.49. The lowest BCUT2D eigenvalue weighted by Crippen LogP contribution is -2.34. The summed E-state index contributed by atoms with van der Waals surface area (Å²) in [5.41, 5.74) is 5.42. The molecule has 0 spiro atoms. The van der Waals surface area contributed by atoms with Crippen molar-refractivity contribution in [3.63, 3.8) is 0 Å². The lowest BCUT2D eigenvalue weighted by molar-refractivity contribution is -0.121.